The van der Waals surface area contributed by atoms with Crippen LogP contribution in [0.25, 0.3) is 0 Å². The van der Waals surface area contributed by atoms with E-state index in [-0.39, 0.29) is 11.6 Å². The molecule has 2 rings (SSSR count). The lowest BCUT2D eigenvalue weighted by Crippen LogP contribution is -2.24. The number of anilines is 3. The van der Waals surface area contributed by atoms with E-state index in [1.807, 2.05) is 50.2 Å². The number of carbonyl (C=O) groups excluding carboxylic acids is 3. The Bertz CT molecular complexity index is 1060. The highest BCUT2D eigenvalue weighted by Crippen LogP contribution is 2.23. The number of carbonyl (C=O) groups is 3. The molecule has 0 bridgehead atoms. The van der Waals surface area contributed by atoms with Crippen LogP contribution in [0.2, 0.25) is 0 Å². The van der Waals surface area contributed by atoms with Crippen molar-refractivity contribution in [2.45, 2.75) is 27.2 Å². The average Bonchev–Trinajstić information content (AvgIpc) is 2.80. The van der Waals surface area contributed by atoms with Crippen LogP contribution < -0.4 is 21.3 Å². The average molecular weight is 468 g/mol. The van der Waals surface area contributed by atoms with Crippen LogP contribution in [-0.2, 0) is 16.0 Å². The molecule has 0 atom stereocenters. The van der Waals surface area contributed by atoms with Crippen molar-refractivity contribution < 1.29 is 14.4 Å². The molecule has 3 amide bonds. The third-order valence-electron chi connectivity index (χ3n) is 4.59. The first-order valence-electron chi connectivity index (χ1n) is 10.7. The van der Waals surface area contributed by atoms with Crippen molar-refractivity contribution in [3.05, 3.63) is 41.2 Å². The SMILES string of the molecule is CC#CC(=O)N(C)CC.Cc1nc(C(N)=O)c(Nc2cccc(CCNC=O)c2)nc1N(C)C. The van der Waals surface area contributed by atoms with E-state index < -0.39 is 5.91 Å². The van der Waals surface area contributed by atoms with E-state index in [9.17, 15) is 14.4 Å². The summed E-state index contributed by atoms with van der Waals surface area (Å²) in [5, 5.41) is 5.74. The summed E-state index contributed by atoms with van der Waals surface area (Å²) >= 11 is 0. The van der Waals surface area contributed by atoms with Crippen molar-refractivity contribution in [2.75, 3.05) is 44.4 Å². The molecular formula is C24H33N7O3. The van der Waals surface area contributed by atoms with Crippen molar-refractivity contribution in [3.8, 4) is 11.8 Å². The number of primary amides is 1. The molecule has 1 aromatic heterocycles. The van der Waals surface area contributed by atoms with Gasteiger partial charge in [-0.25, -0.2) is 9.97 Å². The van der Waals surface area contributed by atoms with Crippen LogP contribution in [0.5, 0.6) is 0 Å². The molecule has 34 heavy (non-hydrogen) atoms. The molecule has 0 saturated heterocycles. The van der Waals surface area contributed by atoms with Crippen LogP contribution >= 0.6 is 0 Å². The summed E-state index contributed by atoms with van der Waals surface area (Å²) in [6.45, 7) is 6.61. The fourth-order valence-corrected chi connectivity index (χ4v) is 2.76. The molecule has 0 unspecified atom stereocenters. The fourth-order valence-electron chi connectivity index (χ4n) is 2.76. The molecule has 0 fully saturated rings. The Labute approximate surface area is 200 Å². The lowest BCUT2D eigenvalue weighted by atomic mass is 10.1. The predicted octanol–water partition coefficient (Wildman–Crippen LogP) is 1.47. The monoisotopic (exact) mass is 467 g/mol. The van der Waals surface area contributed by atoms with Gasteiger partial charge in [0.2, 0.25) is 6.41 Å². The van der Waals surface area contributed by atoms with Crippen molar-refractivity contribution >= 4 is 35.5 Å². The number of nitrogens with zero attached hydrogens (tertiary/aromatic N) is 4. The van der Waals surface area contributed by atoms with Crippen molar-refractivity contribution in [1.29, 1.82) is 0 Å². The van der Waals surface area contributed by atoms with Crippen molar-refractivity contribution in [1.82, 2.24) is 20.2 Å². The van der Waals surface area contributed by atoms with Gasteiger partial charge in [-0.05, 0) is 50.8 Å². The topological polar surface area (TPSA) is 134 Å². The molecule has 1 heterocycles. The van der Waals surface area contributed by atoms with E-state index in [2.05, 4.69) is 32.4 Å². The molecule has 2 aromatic rings. The molecule has 0 aliphatic heterocycles. The van der Waals surface area contributed by atoms with Crippen molar-refractivity contribution in [2.24, 2.45) is 5.73 Å². The van der Waals surface area contributed by atoms with E-state index in [0.29, 0.717) is 43.3 Å². The van der Waals surface area contributed by atoms with Crippen molar-refractivity contribution in [3.63, 3.8) is 0 Å². The molecule has 0 saturated carbocycles. The highest BCUT2D eigenvalue weighted by atomic mass is 16.2. The molecule has 0 aliphatic carbocycles. The maximum absolute atomic E-state index is 11.7. The van der Waals surface area contributed by atoms with Gasteiger partial charge in [-0.2, -0.15) is 0 Å². The first kappa shape index (κ1) is 27.9. The maximum atomic E-state index is 11.7. The number of hydrogen-bond acceptors (Lipinski definition) is 7. The Kier molecular flexibility index (Phi) is 11.6. The zero-order valence-corrected chi connectivity index (χ0v) is 20.6. The molecule has 0 aliphatic rings. The molecule has 10 heteroatoms. The van der Waals surface area contributed by atoms with Gasteiger partial charge in [0, 0.05) is 39.9 Å². The molecule has 0 radical (unpaired) electrons. The number of rotatable bonds is 9. The first-order chi connectivity index (χ1) is 16.1. The summed E-state index contributed by atoms with van der Waals surface area (Å²) in [7, 11) is 5.43. The van der Waals surface area contributed by atoms with Crippen LogP contribution in [0, 0.1) is 18.8 Å². The van der Waals surface area contributed by atoms with Gasteiger partial charge >= 0.3 is 0 Å². The van der Waals surface area contributed by atoms with Gasteiger partial charge in [0.15, 0.2) is 17.3 Å². The second-order valence-electron chi connectivity index (χ2n) is 7.43. The van der Waals surface area contributed by atoms with Gasteiger partial charge in [0.1, 0.15) is 0 Å². The van der Waals surface area contributed by atoms with Crippen LogP contribution in [0.4, 0.5) is 17.3 Å². The molecule has 0 spiro atoms. The van der Waals surface area contributed by atoms with Gasteiger partial charge in [0.25, 0.3) is 11.8 Å². The van der Waals surface area contributed by atoms with Gasteiger partial charge in [-0.15, -0.1) is 0 Å². The second kappa shape index (κ2) is 14.1. The Morgan fingerprint density at radius 3 is 2.47 bits per heavy atom. The summed E-state index contributed by atoms with van der Waals surface area (Å²) in [4.78, 5) is 44.9. The zero-order valence-electron chi connectivity index (χ0n) is 20.6. The van der Waals surface area contributed by atoms with E-state index in [1.54, 1.807) is 25.8 Å². The van der Waals surface area contributed by atoms with Gasteiger partial charge in [-0.1, -0.05) is 18.1 Å². The number of hydrogen-bond donors (Lipinski definition) is 3. The van der Waals surface area contributed by atoms with E-state index in [0.717, 1.165) is 11.3 Å². The van der Waals surface area contributed by atoms with Gasteiger partial charge in [-0.3, -0.25) is 14.4 Å². The predicted molar refractivity (Wildman–Crippen MR) is 134 cm³/mol. The van der Waals surface area contributed by atoms with Crippen LogP contribution in [-0.4, -0.2) is 67.3 Å². The number of benzene rings is 1. The molecular weight excluding hydrogens is 434 g/mol. The quantitative estimate of drug-likeness (QED) is 0.289. The van der Waals surface area contributed by atoms with E-state index in [1.165, 1.54) is 0 Å². The Hall–Kier alpha value is -4.13. The van der Waals surface area contributed by atoms with Crippen LogP contribution in [0.3, 0.4) is 0 Å². The minimum Gasteiger partial charge on any atom is -0.364 e. The minimum absolute atomic E-state index is 0.0936. The minimum atomic E-state index is -0.644. The van der Waals surface area contributed by atoms with E-state index in [4.69, 9.17) is 5.73 Å². The second-order valence-corrected chi connectivity index (χ2v) is 7.43. The number of aryl methyl sites for hydroxylation is 1. The number of aromatic nitrogens is 2. The molecule has 1 aromatic carbocycles. The highest BCUT2D eigenvalue weighted by Gasteiger charge is 2.17. The Balaban J connectivity index is 0.000000546. The zero-order chi connectivity index (χ0) is 25.7. The van der Waals surface area contributed by atoms with Gasteiger partial charge < -0.3 is 26.2 Å². The maximum Gasteiger partial charge on any atom is 0.298 e. The van der Waals surface area contributed by atoms with E-state index >= 15 is 0 Å². The van der Waals surface area contributed by atoms with Gasteiger partial charge in [0.05, 0.1) is 5.69 Å². The fraction of sp³-hybridized carbons (Fsp3) is 0.375. The first-order valence-corrected chi connectivity index (χ1v) is 10.7. The standard InChI is InChI=1S/C17H22N6O2.C7H11NO/c1-11-17(23(2)3)22-16(14(20-11)15(18)25)21-13-6-4-5-12(9-13)7-8-19-10-24;1-4-6-7(9)8(3)5-2/h4-6,9-10H,7-8H2,1-3H3,(H2,18,25)(H,19,24)(H,21,22);5H2,1-3H3. The number of nitrogens with two attached hydrogens (primary N) is 1. The smallest absolute Gasteiger partial charge is 0.298 e. The largest absolute Gasteiger partial charge is 0.364 e. The molecule has 10 nitrogen and oxygen atoms in total. The summed E-state index contributed by atoms with van der Waals surface area (Å²) in [6.07, 6.45) is 1.37. The third kappa shape index (κ3) is 8.78. The number of nitrogens with one attached hydrogen (secondary N) is 2. The summed E-state index contributed by atoms with van der Waals surface area (Å²) < 4.78 is 0. The summed E-state index contributed by atoms with van der Waals surface area (Å²) in [5.74, 6) is 5.18. The third-order valence-corrected chi connectivity index (χ3v) is 4.59. The van der Waals surface area contributed by atoms with Crippen LogP contribution in [0.15, 0.2) is 24.3 Å². The lowest BCUT2D eigenvalue weighted by molar-refractivity contribution is -0.123. The molecule has 182 valence electrons. The Morgan fingerprint density at radius 2 is 1.91 bits per heavy atom. The van der Waals surface area contributed by atoms with Crippen LogP contribution in [0.1, 0.15) is 35.6 Å². The highest BCUT2D eigenvalue weighted by molar-refractivity contribution is 5.96. The summed E-state index contributed by atoms with van der Waals surface area (Å²) in [5.41, 5.74) is 7.95. The Morgan fingerprint density at radius 1 is 1.21 bits per heavy atom. The molecule has 4 N–H and O–H groups in total. The lowest BCUT2D eigenvalue weighted by Gasteiger charge is -2.17. The normalized spacial score (nSPS) is 9.47. The number of amides is 3. The summed E-state index contributed by atoms with van der Waals surface area (Å²) in [6, 6.07) is 7.63.